The van der Waals surface area contributed by atoms with E-state index >= 15 is 0 Å². The van der Waals surface area contributed by atoms with E-state index in [9.17, 15) is 4.79 Å². The first-order valence-electron chi connectivity index (χ1n) is 5.87. The minimum atomic E-state index is 0.0324. The number of amides is 1. The number of likely N-dealkylation sites (tertiary alicyclic amines) is 1. The number of nitrogens with zero attached hydrogens (tertiary/aromatic N) is 3. The highest BCUT2D eigenvalue weighted by molar-refractivity contribution is 5.94. The van der Waals surface area contributed by atoms with Crippen molar-refractivity contribution in [1.82, 2.24) is 20.1 Å². The van der Waals surface area contributed by atoms with Gasteiger partial charge in [0, 0.05) is 13.1 Å². The van der Waals surface area contributed by atoms with Crippen LogP contribution in [0.25, 0.3) is 11.0 Å². The van der Waals surface area contributed by atoms with Crippen LogP contribution in [0.2, 0.25) is 0 Å². The Morgan fingerprint density at radius 3 is 2.88 bits per heavy atom. The molecule has 3 heterocycles. The second-order valence-electron chi connectivity index (χ2n) is 4.41. The summed E-state index contributed by atoms with van der Waals surface area (Å²) in [7, 11) is 0. The maximum absolute atomic E-state index is 12.2. The Hall–Kier alpha value is -1.91. The van der Waals surface area contributed by atoms with Crippen LogP contribution in [0.15, 0.2) is 12.1 Å². The van der Waals surface area contributed by atoms with Gasteiger partial charge in [-0.15, -0.1) is 0 Å². The van der Waals surface area contributed by atoms with Crippen LogP contribution in [-0.4, -0.2) is 39.1 Å². The zero-order chi connectivity index (χ0) is 11.8. The fraction of sp³-hybridized carbons (Fsp3) is 0.417. The molecule has 1 aliphatic heterocycles. The van der Waals surface area contributed by atoms with Crippen LogP contribution in [-0.2, 0) is 0 Å². The van der Waals surface area contributed by atoms with Crippen molar-refractivity contribution in [3.63, 3.8) is 0 Å². The zero-order valence-electron chi connectivity index (χ0n) is 9.73. The van der Waals surface area contributed by atoms with Gasteiger partial charge in [0.25, 0.3) is 5.91 Å². The highest BCUT2D eigenvalue weighted by atomic mass is 16.2. The normalized spacial score (nSPS) is 15.7. The van der Waals surface area contributed by atoms with E-state index in [1.165, 1.54) is 0 Å². The monoisotopic (exact) mass is 230 g/mol. The van der Waals surface area contributed by atoms with Gasteiger partial charge in [-0.3, -0.25) is 9.89 Å². The van der Waals surface area contributed by atoms with E-state index in [0.717, 1.165) is 42.7 Å². The first kappa shape index (κ1) is 10.3. The smallest absolute Gasteiger partial charge is 0.272 e. The molecule has 0 radical (unpaired) electrons. The Morgan fingerprint density at radius 1 is 1.35 bits per heavy atom. The summed E-state index contributed by atoms with van der Waals surface area (Å²) in [5.74, 6) is 0.0324. The van der Waals surface area contributed by atoms with Gasteiger partial charge in [0.15, 0.2) is 0 Å². The molecule has 0 atom stereocenters. The van der Waals surface area contributed by atoms with Gasteiger partial charge in [0.1, 0.15) is 16.7 Å². The molecule has 1 fully saturated rings. The standard InChI is InChI=1S/C12H14N4O/c1-8-11-9(15-14-8)4-5-10(13-11)12(17)16-6-2-3-7-16/h4-5H,2-3,6-7H2,1H3,(H,14,15). The highest BCUT2D eigenvalue weighted by Crippen LogP contribution is 2.16. The molecule has 5 heteroatoms. The first-order valence-corrected chi connectivity index (χ1v) is 5.87. The van der Waals surface area contributed by atoms with Gasteiger partial charge in [-0.1, -0.05) is 0 Å². The molecule has 88 valence electrons. The third kappa shape index (κ3) is 1.67. The lowest BCUT2D eigenvalue weighted by atomic mass is 10.2. The van der Waals surface area contributed by atoms with E-state index < -0.39 is 0 Å². The van der Waals surface area contributed by atoms with Gasteiger partial charge in [-0.25, -0.2) is 4.98 Å². The van der Waals surface area contributed by atoms with Crippen LogP contribution in [0.5, 0.6) is 0 Å². The van der Waals surface area contributed by atoms with Crippen LogP contribution in [0.3, 0.4) is 0 Å². The lowest BCUT2D eigenvalue weighted by molar-refractivity contribution is 0.0787. The predicted molar refractivity (Wildman–Crippen MR) is 63.8 cm³/mol. The number of carbonyl (C=O) groups excluding carboxylic acids is 1. The summed E-state index contributed by atoms with van der Waals surface area (Å²) >= 11 is 0. The van der Waals surface area contributed by atoms with E-state index in [1.54, 1.807) is 6.07 Å². The van der Waals surface area contributed by atoms with Crippen molar-refractivity contribution in [2.24, 2.45) is 0 Å². The van der Waals surface area contributed by atoms with Gasteiger partial charge in [0.05, 0.1) is 5.69 Å². The summed E-state index contributed by atoms with van der Waals surface area (Å²) in [6.45, 7) is 3.61. The number of hydrogen-bond acceptors (Lipinski definition) is 3. The van der Waals surface area contributed by atoms with E-state index in [-0.39, 0.29) is 5.91 Å². The molecular formula is C12H14N4O. The molecule has 0 aliphatic carbocycles. The Balaban J connectivity index is 1.99. The minimum absolute atomic E-state index is 0.0324. The second-order valence-corrected chi connectivity index (χ2v) is 4.41. The van der Waals surface area contributed by atoms with Gasteiger partial charge >= 0.3 is 0 Å². The molecule has 17 heavy (non-hydrogen) atoms. The number of rotatable bonds is 1. The fourth-order valence-corrected chi connectivity index (χ4v) is 2.22. The Morgan fingerprint density at radius 2 is 2.12 bits per heavy atom. The van der Waals surface area contributed by atoms with Crippen molar-refractivity contribution in [1.29, 1.82) is 0 Å². The van der Waals surface area contributed by atoms with E-state index in [1.807, 2.05) is 17.9 Å². The number of fused-ring (bicyclic) bond motifs is 1. The molecule has 1 aliphatic rings. The van der Waals surface area contributed by atoms with Crippen molar-refractivity contribution < 1.29 is 4.79 Å². The summed E-state index contributed by atoms with van der Waals surface area (Å²) in [6.07, 6.45) is 2.19. The summed E-state index contributed by atoms with van der Waals surface area (Å²) < 4.78 is 0. The number of aryl methyl sites for hydroxylation is 1. The third-order valence-corrected chi connectivity index (χ3v) is 3.19. The fourth-order valence-electron chi connectivity index (χ4n) is 2.22. The molecule has 2 aromatic heterocycles. The second kappa shape index (κ2) is 3.84. The molecule has 0 saturated carbocycles. The van der Waals surface area contributed by atoms with Crippen LogP contribution >= 0.6 is 0 Å². The van der Waals surface area contributed by atoms with Crippen molar-refractivity contribution in [2.75, 3.05) is 13.1 Å². The maximum Gasteiger partial charge on any atom is 0.272 e. The van der Waals surface area contributed by atoms with E-state index in [4.69, 9.17) is 0 Å². The largest absolute Gasteiger partial charge is 0.337 e. The summed E-state index contributed by atoms with van der Waals surface area (Å²) in [6, 6.07) is 3.60. The van der Waals surface area contributed by atoms with Crippen LogP contribution in [0.4, 0.5) is 0 Å². The molecule has 0 spiro atoms. The molecule has 0 unspecified atom stereocenters. The molecule has 5 nitrogen and oxygen atoms in total. The molecule has 0 bridgehead atoms. The van der Waals surface area contributed by atoms with Gasteiger partial charge < -0.3 is 4.90 Å². The first-order chi connectivity index (χ1) is 8.25. The zero-order valence-corrected chi connectivity index (χ0v) is 9.73. The molecule has 3 rings (SSSR count). The average Bonchev–Trinajstić information content (AvgIpc) is 2.98. The molecular weight excluding hydrogens is 216 g/mol. The predicted octanol–water partition coefficient (Wildman–Crippen LogP) is 1.50. The SMILES string of the molecule is Cc1[nH]nc2ccc(C(=O)N3CCCC3)nc12. The van der Waals surface area contributed by atoms with Gasteiger partial charge in [-0.05, 0) is 31.9 Å². The molecule has 0 aromatic carbocycles. The van der Waals surface area contributed by atoms with E-state index in [0.29, 0.717) is 5.69 Å². The minimum Gasteiger partial charge on any atom is -0.337 e. The van der Waals surface area contributed by atoms with Crippen LogP contribution in [0.1, 0.15) is 29.0 Å². The quantitative estimate of drug-likeness (QED) is 0.807. The lowest BCUT2D eigenvalue weighted by Gasteiger charge is -2.14. The van der Waals surface area contributed by atoms with Gasteiger partial charge in [0.2, 0.25) is 0 Å². The number of aromatic nitrogens is 3. The summed E-state index contributed by atoms with van der Waals surface area (Å²) in [5.41, 5.74) is 3.01. The number of carbonyl (C=O) groups is 1. The molecule has 2 aromatic rings. The van der Waals surface area contributed by atoms with Crippen molar-refractivity contribution in [3.8, 4) is 0 Å². The lowest BCUT2D eigenvalue weighted by Crippen LogP contribution is -2.28. The molecule has 1 amide bonds. The number of H-pyrrole nitrogens is 1. The highest BCUT2D eigenvalue weighted by Gasteiger charge is 2.21. The molecule has 1 saturated heterocycles. The summed E-state index contributed by atoms with van der Waals surface area (Å²) in [4.78, 5) is 18.4. The Bertz CT molecular complexity index is 569. The van der Waals surface area contributed by atoms with Crippen LogP contribution in [0, 0.1) is 6.92 Å². The van der Waals surface area contributed by atoms with Gasteiger partial charge in [-0.2, -0.15) is 5.10 Å². The average molecular weight is 230 g/mol. The topological polar surface area (TPSA) is 61.9 Å². The summed E-state index contributed by atoms with van der Waals surface area (Å²) in [5, 5.41) is 6.98. The number of pyridine rings is 1. The van der Waals surface area contributed by atoms with Crippen molar-refractivity contribution in [2.45, 2.75) is 19.8 Å². The Labute approximate surface area is 98.8 Å². The Kier molecular flexibility index (Phi) is 2.31. The van der Waals surface area contributed by atoms with Crippen LogP contribution < -0.4 is 0 Å². The number of hydrogen-bond donors (Lipinski definition) is 1. The third-order valence-electron chi connectivity index (χ3n) is 3.19. The van der Waals surface area contributed by atoms with E-state index in [2.05, 4.69) is 15.2 Å². The van der Waals surface area contributed by atoms with Crippen molar-refractivity contribution in [3.05, 3.63) is 23.5 Å². The molecule has 1 N–H and O–H groups in total. The maximum atomic E-state index is 12.2. The number of aromatic amines is 1. The number of nitrogens with one attached hydrogen (secondary N) is 1. The van der Waals surface area contributed by atoms with Crippen molar-refractivity contribution >= 4 is 16.9 Å².